The molecular formula is C24H26N6OS. The van der Waals surface area contributed by atoms with Crippen molar-refractivity contribution in [3.63, 3.8) is 0 Å². The molecule has 0 aliphatic heterocycles. The van der Waals surface area contributed by atoms with Crippen LogP contribution in [-0.4, -0.2) is 36.4 Å². The molecule has 1 amide bonds. The van der Waals surface area contributed by atoms with Crippen LogP contribution in [0.3, 0.4) is 0 Å². The Morgan fingerprint density at radius 2 is 1.88 bits per heavy atom. The molecule has 4 rings (SSSR count). The topological polar surface area (TPSA) is 96.5 Å². The molecule has 1 atom stereocenters. The number of carbonyl (C=O) groups excluding carboxylic acids is 1. The minimum Gasteiger partial charge on any atom is -0.337 e. The fourth-order valence-electron chi connectivity index (χ4n) is 4.03. The van der Waals surface area contributed by atoms with Crippen molar-refractivity contribution in [2.75, 3.05) is 0 Å². The standard InChI is InChI=1S/C24H26N6OS/c1-17-8-4-5-9-20(17)30-21(19-10-14-26-15-11-19)28-29-23(30)32-18(2)22(31)27-24(16-25)12-6-3-7-13-24/h4-5,8-11,14-15,18H,3,6-7,12-13H2,1-2H3,(H,27,31)/t18-/m0/s1. The fraction of sp³-hybridized carbons (Fsp3) is 0.375. The summed E-state index contributed by atoms with van der Waals surface area (Å²) in [5, 5.41) is 21.8. The number of aryl methyl sites for hydroxylation is 1. The molecule has 1 aliphatic carbocycles. The molecule has 0 bridgehead atoms. The number of aromatic nitrogens is 4. The van der Waals surface area contributed by atoms with E-state index < -0.39 is 10.8 Å². The maximum absolute atomic E-state index is 13.0. The summed E-state index contributed by atoms with van der Waals surface area (Å²) in [6, 6.07) is 14.2. The second-order valence-electron chi connectivity index (χ2n) is 8.17. The molecule has 164 valence electrons. The van der Waals surface area contributed by atoms with E-state index in [1.807, 2.05) is 54.8 Å². The van der Waals surface area contributed by atoms with Crippen molar-refractivity contribution in [1.29, 1.82) is 5.26 Å². The summed E-state index contributed by atoms with van der Waals surface area (Å²) in [5.41, 5.74) is 2.17. The molecule has 32 heavy (non-hydrogen) atoms. The van der Waals surface area contributed by atoms with E-state index in [-0.39, 0.29) is 5.91 Å². The predicted octanol–water partition coefficient (Wildman–Crippen LogP) is 4.46. The average molecular weight is 447 g/mol. The molecule has 1 saturated carbocycles. The lowest BCUT2D eigenvalue weighted by Gasteiger charge is -2.32. The number of hydrogen-bond acceptors (Lipinski definition) is 6. The van der Waals surface area contributed by atoms with Crippen molar-refractivity contribution < 1.29 is 4.79 Å². The van der Waals surface area contributed by atoms with Gasteiger partial charge in [-0.15, -0.1) is 10.2 Å². The first-order valence-electron chi connectivity index (χ1n) is 10.8. The monoisotopic (exact) mass is 446 g/mol. The van der Waals surface area contributed by atoms with Gasteiger partial charge in [0.15, 0.2) is 11.0 Å². The van der Waals surface area contributed by atoms with Crippen LogP contribution >= 0.6 is 11.8 Å². The molecule has 8 heteroatoms. The van der Waals surface area contributed by atoms with Crippen molar-refractivity contribution >= 4 is 17.7 Å². The highest BCUT2D eigenvalue weighted by atomic mass is 32.2. The summed E-state index contributed by atoms with van der Waals surface area (Å²) in [6.45, 7) is 3.88. The third kappa shape index (κ3) is 4.53. The van der Waals surface area contributed by atoms with Crippen LogP contribution in [0, 0.1) is 18.3 Å². The number of carbonyl (C=O) groups is 1. The second kappa shape index (κ2) is 9.53. The first-order chi connectivity index (χ1) is 15.5. The number of nitriles is 1. The molecule has 3 aromatic rings. The number of nitrogens with one attached hydrogen (secondary N) is 1. The van der Waals surface area contributed by atoms with Crippen LogP contribution in [0.15, 0.2) is 53.9 Å². The third-order valence-electron chi connectivity index (χ3n) is 5.86. The predicted molar refractivity (Wildman–Crippen MR) is 124 cm³/mol. The molecule has 0 spiro atoms. The van der Waals surface area contributed by atoms with Gasteiger partial charge in [-0.3, -0.25) is 14.3 Å². The van der Waals surface area contributed by atoms with Crippen molar-refractivity contribution in [3.05, 3.63) is 54.4 Å². The minimum atomic E-state index is -0.754. The van der Waals surface area contributed by atoms with Gasteiger partial charge in [0.25, 0.3) is 0 Å². The molecule has 2 aromatic heterocycles. The first kappa shape index (κ1) is 22.0. The van der Waals surface area contributed by atoms with Gasteiger partial charge in [0.05, 0.1) is 17.0 Å². The molecule has 0 radical (unpaired) electrons. The van der Waals surface area contributed by atoms with E-state index in [9.17, 15) is 10.1 Å². The van der Waals surface area contributed by atoms with Crippen molar-refractivity contribution in [2.45, 2.75) is 61.9 Å². The highest BCUT2D eigenvalue weighted by molar-refractivity contribution is 8.00. The number of rotatable bonds is 6. The Labute approximate surface area is 192 Å². The van der Waals surface area contributed by atoms with Crippen LogP contribution in [0.1, 0.15) is 44.6 Å². The van der Waals surface area contributed by atoms with Gasteiger partial charge in [0, 0.05) is 18.0 Å². The lowest BCUT2D eigenvalue weighted by molar-refractivity contribution is -0.121. The van der Waals surface area contributed by atoms with Crippen LogP contribution in [0.5, 0.6) is 0 Å². The SMILES string of the molecule is Cc1ccccc1-n1c(S[C@@H](C)C(=O)NC2(C#N)CCCCC2)nnc1-c1ccncc1. The number of nitrogens with zero attached hydrogens (tertiary/aromatic N) is 5. The van der Waals surface area contributed by atoms with E-state index in [0.29, 0.717) is 23.8 Å². The number of benzene rings is 1. The van der Waals surface area contributed by atoms with Gasteiger partial charge in [0.2, 0.25) is 5.91 Å². The number of pyridine rings is 1. The van der Waals surface area contributed by atoms with Crippen LogP contribution in [-0.2, 0) is 4.79 Å². The largest absolute Gasteiger partial charge is 0.337 e. The highest BCUT2D eigenvalue weighted by Gasteiger charge is 2.35. The maximum atomic E-state index is 13.0. The van der Waals surface area contributed by atoms with E-state index in [0.717, 1.165) is 36.1 Å². The van der Waals surface area contributed by atoms with Gasteiger partial charge in [-0.05, 0) is 50.5 Å². The molecule has 1 fully saturated rings. The molecule has 7 nitrogen and oxygen atoms in total. The van der Waals surface area contributed by atoms with Gasteiger partial charge >= 0.3 is 0 Å². The Hall–Kier alpha value is -3.18. The van der Waals surface area contributed by atoms with Crippen LogP contribution in [0.2, 0.25) is 0 Å². The second-order valence-corrected chi connectivity index (χ2v) is 9.48. The molecule has 1 N–H and O–H groups in total. The summed E-state index contributed by atoms with van der Waals surface area (Å²) in [6.07, 6.45) is 7.90. The van der Waals surface area contributed by atoms with Gasteiger partial charge in [-0.25, -0.2) is 0 Å². The summed E-state index contributed by atoms with van der Waals surface area (Å²) < 4.78 is 1.99. The molecule has 1 aromatic carbocycles. The number of amides is 1. The zero-order valence-electron chi connectivity index (χ0n) is 18.3. The van der Waals surface area contributed by atoms with Crippen LogP contribution in [0.4, 0.5) is 0 Å². The fourth-order valence-corrected chi connectivity index (χ4v) is 4.90. The van der Waals surface area contributed by atoms with Crippen LogP contribution < -0.4 is 5.32 Å². The third-order valence-corrected chi connectivity index (χ3v) is 6.91. The van der Waals surface area contributed by atoms with E-state index in [2.05, 4.69) is 26.6 Å². The van der Waals surface area contributed by atoms with Gasteiger partial charge in [-0.1, -0.05) is 49.2 Å². The van der Waals surface area contributed by atoms with Gasteiger partial charge < -0.3 is 5.32 Å². The van der Waals surface area contributed by atoms with Crippen LogP contribution in [0.25, 0.3) is 17.1 Å². The molecule has 2 heterocycles. The van der Waals surface area contributed by atoms with E-state index in [4.69, 9.17) is 0 Å². The van der Waals surface area contributed by atoms with E-state index in [1.165, 1.54) is 11.8 Å². The van der Waals surface area contributed by atoms with Crippen molar-refractivity contribution in [1.82, 2.24) is 25.1 Å². The van der Waals surface area contributed by atoms with E-state index in [1.54, 1.807) is 12.4 Å². The Morgan fingerprint density at radius 3 is 2.56 bits per heavy atom. The molecule has 0 saturated heterocycles. The minimum absolute atomic E-state index is 0.150. The van der Waals surface area contributed by atoms with E-state index >= 15 is 0 Å². The molecule has 0 unspecified atom stereocenters. The highest BCUT2D eigenvalue weighted by Crippen LogP contribution is 2.32. The zero-order valence-corrected chi connectivity index (χ0v) is 19.1. The van der Waals surface area contributed by atoms with Crippen molar-refractivity contribution in [2.24, 2.45) is 0 Å². The lowest BCUT2D eigenvalue weighted by Crippen LogP contribution is -2.50. The van der Waals surface area contributed by atoms with Gasteiger partial charge in [-0.2, -0.15) is 5.26 Å². The Morgan fingerprint density at radius 1 is 1.16 bits per heavy atom. The van der Waals surface area contributed by atoms with Gasteiger partial charge in [0.1, 0.15) is 5.54 Å². The Kier molecular flexibility index (Phi) is 6.56. The Balaban J connectivity index is 1.64. The quantitative estimate of drug-likeness (QED) is 0.562. The lowest BCUT2D eigenvalue weighted by atomic mass is 9.83. The number of hydrogen-bond donors (Lipinski definition) is 1. The summed E-state index contributed by atoms with van der Waals surface area (Å²) >= 11 is 1.35. The summed E-state index contributed by atoms with van der Waals surface area (Å²) in [7, 11) is 0. The normalized spacial score (nSPS) is 16.2. The van der Waals surface area contributed by atoms with Crippen molar-refractivity contribution in [3.8, 4) is 23.1 Å². The maximum Gasteiger partial charge on any atom is 0.234 e. The molecular weight excluding hydrogens is 420 g/mol. The first-order valence-corrected chi connectivity index (χ1v) is 11.7. The summed E-state index contributed by atoms with van der Waals surface area (Å²) in [4.78, 5) is 17.1. The molecule has 1 aliphatic rings. The number of para-hydroxylation sites is 1. The Bertz CT molecular complexity index is 1130. The average Bonchev–Trinajstić information content (AvgIpc) is 3.23. The zero-order chi connectivity index (χ0) is 22.6. The smallest absolute Gasteiger partial charge is 0.234 e. The summed E-state index contributed by atoms with van der Waals surface area (Å²) in [5.74, 6) is 0.542. The number of thioether (sulfide) groups is 1.